The third-order valence-electron chi connectivity index (χ3n) is 3.89. The maximum absolute atomic E-state index is 12.6. The van der Waals surface area contributed by atoms with Gasteiger partial charge in [0.1, 0.15) is 0 Å². The molecule has 1 heterocycles. The average Bonchev–Trinajstić information content (AvgIpc) is 3.09. The SMILES string of the molecule is CC(=O)c1ccccc1NC(=O)C(C)Sc1nnnn1Cc1ccccc1. The molecule has 1 atom stereocenters. The van der Waals surface area contributed by atoms with Gasteiger partial charge >= 0.3 is 0 Å². The summed E-state index contributed by atoms with van der Waals surface area (Å²) in [6.45, 7) is 3.77. The first-order valence-electron chi connectivity index (χ1n) is 8.42. The van der Waals surface area contributed by atoms with Crippen molar-refractivity contribution in [3.8, 4) is 0 Å². The molecule has 0 aliphatic carbocycles. The summed E-state index contributed by atoms with van der Waals surface area (Å²) in [6, 6.07) is 16.8. The lowest BCUT2D eigenvalue weighted by Gasteiger charge is -2.13. The molecule has 0 aliphatic heterocycles. The van der Waals surface area contributed by atoms with Gasteiger partial charge in [-0.1, -0.05) is 54.2 Å². The highest BCUT2D eigenvalue weighted by Crippen LogP contribution is 2.23. The van der Waals surface area contributed by atoms with Crippen LogP contribution in [0.5, 0.6) is 0 Å². The van der Waals surface area contributed by atoms with Crippen LogP contribution in [0.25, 0.3) is 0 Å². The van der Waals surface area contributed by atoms with E-state index in [1.54, 1.807) is 35.9 Å². The van der Waals surface area contributed by atoms with Gasteiger partial charge < -0.3 is 5.32 Å². The maximum Gasteiger partial charge on any atom is 0.237 e. The number of amides is 1. The Balaban J connectivity index is 1.68. The number of benzene rings is 2. The molecule has 27 heavy (non-hydrogen) atoms. The summed E-state index contributed by atoms with van der Waals surface area (Å²) in [5.41, 5.74) is 2.06. The molecule has 2 aromatic carbocycles. The molecule has 1 amide bonds. The van der Waals surface area contributed by atoms with Crippen molar-refractivity contribution in [3.63, 3.8) is 0 Å². The molecule has 1 aromatic heterocycles. The minimum atomic E-state index is -0.439. The van der Waals surface area contributed by atoms with Gasteiger partial charge in [-0.2, -0.15) is 0 Å². The zero-order valence-corrected chi connectivity index (χ0v) is 15.8. The van der Waals surface area contributed by atoms with Crippen molar-refractivity contribution in [2.75, 3.05) is 5.32 Å². The minimum Gasteiger partial charge on any atom is -0.324 e. The van der Waals surface area contributed by atoms with Crippen LogP contribution in [-0.2, 0) is 11.3 Å². The molecule has 3 aromatic rings. The summed E-state index contributed by atoms with van der Waals surface area (Å²) in [5, 5.41) is 14.7. The number of aromatic nitrogens is 4. The molecule has 0 fully saturated rings. The van der Waals surface area contributed by atoms with E-state index in [9.17, 15) is 9.59 Å². The molecule has 0 bridgehead atoms. The molecule has 0 radical (unpaired) electrons. The van der Waals surface area contributed by atoms with Crippen LogP contribution in [0.2, 0.25) is 0 Å². The monoisotopic (exact) mass is 381 g/mol. The van der Waals surface area contributed by atoms with Gasteiger partial charge in [-0.05, 0) is 42.0 Å². The summed E-state index contributed by atoms with van der Waals surface area (Å²) in [6.07, 6.45) is 0. The zero-order valence-electron chi connectivity index (χ0n) is 15.0. The van der Waals surface area contributed by atoms with Gasteiger partial charge in [-0.3, -0.25) is 9.59 Å². The molecule has 0 saturated heterocycles. The molecule has 1 N–H and O–H groups in total. The van der Waals surface area contributed by atoms with Crippen molar-refractivity contribution in [1.29, 1.82) is 0 Å². The number of tetrazole rings is 1. The highest BCUT2D eigenvalue weighted by molar-refractivity contribution is 8.00. The van der Waals surface area contributed by atoms with Gasteiger partial charge in [0.25, 0.3) is 0 Å². The van der Waals surface area contributed by atoms with E-state index in [1.165, 1.54) is 18.7 Å². The van der Waals surface area contributed by atoms with Gasteiger partial charge in [-0.15, -0.1) is 5.10 Å². The predicted molar refractivity (Wildman–Crippen MR) is 104 cm³/mol. The highest BCUT2D eigenvalue weighted by atomic mass is 32.2. The lowest BCUT2D eigenvalue weighted by atomic mass is 10.1. The number of thioether (sulfide) groups is 1. The molecule has 0 saturated carbocycles. The summed E-state index contributed by atoms with van der Waals surface area (Å²) in [4.78, 5) is 24.3. The number of hydrogen-bond donors (Lipinski definition) is 1. The fourth-order valence-corrected chi connectivity index (χ4v) is 3.27. The van der Waals surface area contributed by atoms with Gasteiger partial charge in [0, 0.05) is 5.56 Å². The van der Waals surface area contributed by atoms with Crippen LogP contribution < -0.4 is 5.32 Å². The Bertz CT molecular complexity index is 942. The van der Waals surface area contributed by atoms with Gasteiger partial charge in [0.05, 0.1) is 17.5 Å². The zero-order chi connectivity index (χ0) is 19.2. The Labute approximate surface area is 161 Å². The first-order chi connectivity index (χ1) is 13.0. The van der Waals surface area contributed by atoms with E-state index >= 15 is 0 Å². The van der Waals surface area contributed by atoms with Crippen molar-refractivity contribution < 1.29 is 9.59 Å². The van der Waals surface area contributed by atoms with Crippen LogP contribution in [0.15, 0.2) is 59.8 Å². The number of carbonyl (C=O) groups is 2. The number of anilines is 1. The second-order valence-corrected chi connectivity index (χ2v) is 7.26. The second kappa shape index (κ2) is 8.59. The summed E-state index contributed by atoms with van der Waals surface area (Å²) < 4.78 is 1.66. The van der Waals surface area contributed by atoms with E-state index < -0.39 is 5.25 Å². The molecule has 8 heteroatoms. The first kappa shape index (κ1) is 18.8. The Morgan fingerprint density at radius 1 is 1.11 bits per heavy atom. The summed E-state index contributed by atoms with van der Waals surface area (Å²) in [5.74, 6) is -0.319. The van der Waals surface area contributed by atoms with Crippen molar-refractivity contribution in [2.45, 2.75) is 30.8 Å². The number of carbonyl (C=O) groups excluding carboxylic acids is 2. The smallest absolute Gasteiger partial charge is 0.237 e. The number of para-hydroxylation sites is 1. The van der Waals surface area contributed by atoms with Crippen LogP contribution in [0.3, 0.4) is 0 Å². The van der Waals surface area contributed by atoms with Crippen molar-refractivity contribution in [3.05, 3.63) is 65.7 Å². The van der Waals surface area contributed by atoms with E-state index in [1.807, 2.05) is 30.3 Å². The number of nitrogens with one attached hydrogen (secondary N) is 1. The Kier molecular flexibility index (Phi) is 5.97. The quantitative estimate of drug-likeness (QED) is 0.500. The molecule has 0 aliphatic rings. The molecular weight excluding hydrogens is 362 g/mol. The molecule has 3 rings (SSSR count). The lowest BCUT2D eigenvalue weighted by molar-refractivity contribution is -0.115. The van der Waals surface area contributed by atoms with Gasteiger partial charge in [0.15, 0.2) is 5.78 Å². The average molecular weight is 381 g/mol. The number of Topliss-reactive ketones (excluding diaryl/α,β-unsaturated/α-hetero) is 1. The van der Waals surface area contributed by atoms with Crippen LogP contribution in [0, 0.1) is 0 Å². The number of nitrogens with zero attached hydrogens (tertiary/aromatic N) is 4. The van der Waals surface area contributed by atoms with E-state index in [0.717, 1.165) is 5.56 Å². The van der Waals surface area contributed by atoms with Crippen molar-refractivity contribution in [1.82, 2.24) is 20.2 Å². The second-order valence-electron chi connectivity index (χ2n) is 5.96. The molecule has 0 spiro atoms. The van der Waals surface area contributed by atoms with E-state index in [0.29, 0.717) is 23.0 Å². The molecule has 138 valence electrons. The predicted octanol–water partition coefficient (Wildman–Crippen LogP) is 3.04. The topological polar surface area (TPSA) is 89.8 Å². The molecule has 1 unspecified atom stereocenters. The molecule has 7 nitrogen and oxygen atoms in total. The van der Waals surface area contributed by atoms with Crippen LogP contribution in [0.1, 0.15) is 29.8 Å². The van der Waals surface area contributed by atoms with Gasteiger partial charge in [0.2, 0.25) is 11.1 Å². The van der Waals surface area contributed by atoms with E-state index in [4.69, 9.17) is 0 Å². The first-order valence-corrected chi connectivity index (χ1v) is 9.30. The highest BCUT2D eigenvalue weighted by Gasteiger charge is 2.20. The van der Waals surface area contributed by atoms with Crippen molar-refractivity contribution >= 4 is 29.1 Å². The maximum atomic E-state index is 12.6. The fourth-order valence-electron chi connectivity index (χ4n) is 2.48. The number of ketones is 1. The summed E-state index contributed by atoms with van der Waals surface area (Å²) in [7, 11) is 0. The molecular formula is C19H19N5O2S. The normalized spacial score (nSPS) is 11.8. The third-order valence-corrected chi connectivity index (χ3v) is 4.96. The minimum absolute atomic E-state index is 0.0991. The number of rotatable bonds is 7. The van der Waals surface area contributed by atoms with Gasteiger partial charge in [-0.25, -0.2) is 4.68 Å². The standard InChI is InChI=1S/C19H19N5O2S/c1-13(25)16-10-6-7-11-17(16)20-18(26)14(2)27-19-21-22-23-24(19)12-15-8-4-3-5-9-15/h3-11,14H,12H2,1-2H3,(H,20,26). The van der Waals surface area contributed by atoms with Crippen LogP contribution in [0.4, 0.5) is 5.69 Å². The van der Waals surface area contributed by atoms with Crippen LogP contribution in [-0.4, -0.2) is 37.1 Å². The Morgan fingerprint density at radius 3 is 2.56 bits per heavy atom. The third kappa shape index (κ3) is 4.79. The van der Waals surface area contributed by atoms with Crippen molar-refractivity contribution in [2.24, 2.45) is 0 Å². The Hall–Kier alpha value is -3.00. The number of hydrogen-bond acceptors (Lipinski definition) is 6. The largest absolute Gasteiger partial charge is 0.324 e. The van der Waals surface area contributed by atoms with E-state index in [2.05, 4.69) is 20.8 Å². The van der Waals surface area contributed by atoms with E-state index in [-0.39, 0.29) is 11.7 Å². The fraction of sp³-hybridized carbons (Fsp3) is 0.211. The Morgan fingerprint density at radius 2 is 1.81 bits per heavy atom. The summed E-state index contributed by atoms with van der Waals surface area (Å²) >= 11 is 1.27. The van der Waals surface area contributed by atoms with Crippen LogP contribution >= 0.6 is 11.8 Å². The lowest BCUT2D eigenvalue weighted by Crippen LogP contribution is -2.24.